The predicted octanol–water partition coefficient (Wildman–Crippen LogP) is 7.87. The average molecular weight is 871 g/mol. The molecule has 0 bridgehead atoms. The van der Waals surface area contributed by atoms with Gasteiger partial charge in [0.1, 0.15) is 36.1 Å². The standard InChI is InChI=1S/C52H70O11/c1-7-31(29(4)12-19-40(53)34-16-17-34)13-14-32-10-8-9-11-33(32)15-18-35-24-36(25-41(54)30(35)5)59-43(55)20-21-44(56)60-48-50(28(2)3)45(62-50)46-52(63-46)49(6)23-22-37-38(27-58-47(37)57)39(49)26-42-51(48,52)61-42/h12,15,18-19,28-29,31-32,34,36,39-42,45-46,48,53-54H,5,7-11,13-14,16-17,20-27H2,1-4,6H3/b19-12+,33-15+,35-18-/t29-,31?,32?,36+,39-,40+,41-,42-,45-,46-,48+,49-,50-,51+,52+/m0/s1. The number of cyclic esters (lactones) is 1. The van der Waals surface area contributed by atoms with Crippen LogP contribution < -0.4 is 0 Å². The van der Waals surface area contributed by atoms with E-state index in [1.807, 2.05) is 6.08 Å². The molecule has 0 amide bonds. The van der Waals surface area contributed by atoms with Gasteiger partial charge in [-0.1, -0.05) is 83.9 Å². The molecule has 2 unspecified atom stereocenters. The minimum Gasteiger partial charge on any atom is -0.462 e. The Bertz CT molecular complexity index is 2030. The normalized spacial score (nSPS) is 43.6. The van der Waals surface area contributed by atoms with Crippen molar-refractivity contribution in [3.05, 3.63) is 58.7 Å². The molecule has 0 aromatic carbocycles. The van der Waals surface area contributed by atoms with Crippen molar-refractivity contribution in [1.82, 2.24) is 0 Å². The van der Waals surface area contributed by atoms with E-state index in [4.69, 9.17) is 28.4 Å². The van der Waals surface area contributed by atoms with Gasteiger partial charge in [0.2, 0.25) is 0 Å². The van der Waals surface area contributed by atoms with Gasteiger partial charge in [0.05, 0.1) is 31.2 Å². The zero-order valence-corrected chi connectivity index (χ0v) is 38.1. The lowest BCUT2D eigenvalue weighted by Gasteiger charge is -2.53. The first kappa shape index (κ1) is 43.8. The van der Waals surface area contributed by atoms with Crippen molar-refractivity contribution >= 4 is 17.9 Å². The lowest BCUT2D eigenvalue weighted by atomic mass is 9.46. The average Bonchev–Trinajstić information content (AvgIpc) is 4.07. The molecule has 8 fully saturated rings. The highest BCUT2D eigenvalue weighted by atomic mass is 16.8. The van der Waals surface area contributed by atoms with E-state index in [9.17, 15) is 24.6 Å². The van der Waals surface area contributed by atoms with Crippen molar-refractivity contribution in [3.8, 4) is 0 Å². The Morgan fingerprint density at radius 1 is 0.968 bits per heavy atom. The number of aliphatic hydroxyl groups is 2. The van der Waals surface area contributed by atoms with Crippen LogP contribution in [0.5, 0.6) is 0 Å². The van der Waals surface area contributed by atoms with E-state index in [0.29, 0.717) is 55.1 Å². The maximum atomic E-state index is 13.8. The summed E-state index contributed by atoms with van der Waals surface area (Å²) in [6.07, 6.45) is 18.4. The number of hydrogen-bond donors (Lipinski definition) is 2. The van der Waals surface area contributed by atoms with Crippen LogP contribution in [0.4, 0.5) is 0 Å². The van der Waals surface area contributed by atoms with Crippen molar-refractivity contribution in [3.63, 3.8) is 0 Å². The molecule has 5 saturated carbocycles. The van der Waals surface area contributed by atoms with E-state index < -0.39 is 47.1 Å². The fraction of sp³-hybridized carbons (Fsp3) is 0.750. The summed E-state index contributed by atoms with van der Waals surface area (Å²) in [4.78, 5) is 39.8. The summed E-state index contributed by atoms with van der Waals surface area (Å²) in [6, 6.07) is 0. The van der Waals surface area contributed by atoms with Crippen LogP contribution in [-0.2, 0) is 42.8 Å². The maximum Gasteiger partial charge on any atom is 0.334 e. The molecule has 10 rings (SSSR count). The highest BCUT2D eigenvalue weighted by Gasteiger charge is 3.01. The van der Waals surface area contributed by atoms with Gasteiger partial charge in [-0.25, -0.2) is 4.79 Å². The quantitative estimate of drug-likeness (QED) is 0.0715. The van der Waals surface area contributed by atoms with Gasteiger partial charge in [-0.2, -0.15) is 0 Å². The van der Waals surface area contributed by atoms with Gasteiger partial charge in [-0.05, 0) is 116 Å². The van der Waals surface area contributed by atoms with Crippen LogP contribution in [0.15, 0.2) is 58.7 Å². The number of carbonyl (C=O) groups is 3. The predicted molar refractivity (Wildman–Crippen MR) is 233 cm³/mol. The van der Waals surface area contributed by atoms with E-state index in [2.05, 4.69) is 59.4 Å². The lowest BCUT2D eigenvalue weighted by Crippen LogP contribution is -2.70. The molecule has 3 saturated heterocycles. The first-order valence-electron chi connectivity index (χ1n) is 24.6. The van der Waals surface area contributed by atoms with E-state index in [1.165, 1.54) is 24.8 Å². The fourth-order valence-electron chi connectivity index (χ4n) is 14.0. The fourth-order valence-corrected chi connectivity index (χ4v) is 14.0. The first-order chi connectivity index (χ1) is 30.2. The largest absolute Gasteiger partial charge is 0.462 e. The van der Waals surface area contributed by atoms with Crippen molar-refractivity contribution in [2.24, 2.45) is 40.9 Å². The number of carbonyl (C=O) groups excluding carboxylic acids is 3. The molecule has 344 valence electrons. The van der Waals surface area contributed by atoms with Crippen LogP contribution in [0.3, 0.4) is 0 Å². The molecular weight excluding hydrogens is 801 g/mol. The molecule has 15 atom stereocenters. The number of epoxide rings is 3. The molecule has 63 heavy (non-hydrogen) atoms. The molecule has 11 heteroatoms. The summed E-state index contributed by atoms with van der Waals surface area (Å²) < 4.78 is 38.0. The summed E-state index contributed by atoms with van der Waals surface area (Å²) >= 11 is 0. The molecule has 0 aromatic heterocycles. The number of aliphatic hydroxyl groups excluding tert-OH is 2. The maximum absolute atomic E-state index is 13.8. The van der Waals surface area contributed by atoms with E-state index >= 15 is 0 Å². The van der Waals surface area contributed by atoms with Gasteiger partial charge >= 0.3 is 17.9 Å². The Hall–Kier alpha value is -3.09. The number of fused-ring (bicyclic) bond motifs is 4. The molecule has 6 aliphatic carbocycles. The van der Waals surface area contributed by atoms with Crippen LogP contribution in [0.25, 0.3) is 0 Å². The second kappa shape index (κ2) is 16.1. The summed E-state index contributed by atoms with van der Waals surface area (Å²) in [5.41, 5.74) is 2.23. The van der Waals surface area contributed by atoms with Gasteiger partial charge in [0, 0.05) is 23.8 Å². The topological polar surface area (TPSA) is 157 Å². The second-order valence-corrected chi connectivity index (χ2v) is 21.7. The second-order valence-electron chi connectivity index (χ2n) is 21.7. The Labute approximate surface area is 373 Å². The highest BCUT2D eigenvalue weighted by Crippen LogP contribution is 2.83. The summed E-state index contributed by atoms with van der Waals surface area (Å²) in [6.45, 7) is 15.5. The van der Waals surface area contributed by atoms with Crippen molar-refractivity contribution in [2.75, 3.05) is 6.61 Å². The third-order valence-electron chi connectivity index (χ3n) is 18.1. The Kier molecular flexibility index (Phi) is 11.2. The number of allylic oxidation sites excluding steroid dienone is 4. The van der Waals surface area contributed by atoms with Gasteiger partial charge < -0.3 is 38.6 Å². The van der Waals surface area contributed by atoms with E-state index in [0.717, 1.165) is 61.7 Å². The molecule has 0 radical (unpaired) electrons. The van der Waals surface area contributed by atoms with E-state index in [-0.39, 0.29) is 66.9 Å². The van der Waals surface area contributed by atoms with Gasteiger partial charge in [-0.3, -0.25) is 9.59 Å². The van der Waals surface area contributed by atoms with Crippen molar-refractivity contribution in [2.45, 2.75) is 197 Å². The molecule has 10 aliphatic rings. The lowest BCUT2D eigenvalue weighted by molar-refractivity contribution is -0.171. The van der Waals surface area contributed by atoms with Crippen molar-refractivity contribution < 1.29 is 53.0 Å². The van der Waals surface area contributed by atoms with Crippen LogP contribution in [-0.4, -0.2) is 94.3 Å². The Morgan fingerprint density at radius 3 is 2.49 bits per heavy atom. The minimum absolute atomic E-state index is 0.0237. The van der Waals surface area contributed by atoms with Crippen LogP contribution in [0.1, 0.15) is 137 Å². The third kappa shape index (κ3) is 7.02. The Balaban J connectivity index is 0.760. The van der Waals surface area contributed by atoms with Crippen LogP contribution in [0.2, 0.25) is 0 Å². The molecule has 0 aromatic rings. The monoisotopic (exact) mass is 870 g/mol. The molecule has 4 heterocycles. The zero-order valence-electron chi connectivity index (χ0n) is 38.1. The molecule has 11 nitrogen and oxygen atoms in total. The highest BCUT2D eigenvalue weighted by molar-refractivity contribution is 5.92. The molecule has 2 spiro atoms. The first-order valence-corrected chi connectivity index (χ1v) is 24.6. The van der Waals surface area contributed by atoms with Gasteiger partial charge in [0.25, 0.3) is 0 Å². The van der Waals surface area contributed by atoms with Gasteiger partial charge in [-0.15, -0.1) is 0 Å². The Morgan fingerprint density at radius 2 is 1.75 bits per heavy atom. The number of rotatable bonds is 15. The summed E-state index contributed by atoms with van der Waals surface area (Å²) in [7, 11) is 0. The smallest absolute Gasteiger partial charge is 0.334 e. The molecular formula is C52H70O11. The van der Waals surface area contributed by atoms with E-state index in [1.54, 1.807) is 0 Å². The molecule has 2 N–H and O–H groups in total. The van der Waals surface area contributed by atoms with Crippen LogP contribution >= 0.6 is 0 Å². The number of ether oxygens (including phenoxy) is 6. The zero-order chi connectivity index (χ0) is 44.2. The van der Waals surface area contributed by atoms with Gasteiger partial charge in [0.15, 0.2) is 11.7 Å². The molecule has 4 aliphatic heterocycles. The number of hydrogen-bond acceptors (Lipinski definition) is 11. The van der Waals surface area contributed by atoms with Crippen molar-refractivity contribution in [1.29, 1.82) is 0 Å². The summed E-state index contributed by atoms with van der Waals surface area (Å²) in [5, 5.41) is 21.4. The minimum atomic E-state index is -0.859. The number of esters is 3. The summed E-state index contributed by atoms with van der Waals surface area (Å²) in [5.74, 6) is 0.846. The third-order valence-corrected chi connectivity index (χ3v) is 18.1. The SMILES string of the molecule is C=C1/C(=C\C=C2/CCCCC2CCC(CC)[C@@H](C)/C=C/[C@@H](O)C2CC2)C[C@@H](OC(=O)CCC(=O)O[C@@H]2[C@@]3(C(C)C)O[C@H]3[C@@H]3O[C@]34[C@]23O[C@H]3C[C@H]2C3=C(CC[C@@]24C)C(=O)OC3)C[C@@H]1O. The van der Waals surface area contributed by atoms with Crippen LogP contribution in [0, 0.1) is 40.9 Å².